The van der Waals surface area contributed by atoms with Gasteiger partial charge >= 0.3 is 0 Å². The van der Waals surface area contributed by atoms with Crippen molar-refractivity contribution in [3.8, 4) is 11.5 Å². The van der Waals surface area contributed by atoms with Gasteiger partial charge in [0.2, 0.25) is 0 Å². The highest BCUT2D eigenvalue weighted by atomic mass is 35.5. The quantitative estimate of drug-likeness (QED) is 0.666. The third-order valence-corrected chi connectivity index (χ3v) is 2.60. The number of nitrogens with one attached hydrogen (secondary N) is 1. The summed E-state index contributed by atoms with van der Waals surface area (Å²) in [5.74, 6) is -1.41. The van der Waals surface area contributed by atoms with Crippen LogP contribution in [0, 0.1) is 17.0 Å². The molecule has 0 fully saturated rings. The number of hydrogen-bond donors (Lipinski definition) is 2. The number of amidine groups is 1. The minimum atomic E-state index is -0.744. The standard InChI is InChI=1S/C13H9ClF2N2O/c14-11-3-7(13(17)18)1-2-12(11)19-10-5-8(15)4-9(16)6-10/h1-6H,(H3,17,18). The van der Waals surface area contributed by atoms with Crippen LogP contribution in [0.5, 0.6) is 11.5 Å². The number of hydrogen-bond acceptors (Lipinski definition) is 2. The smallest absolute Gasteiger partial charge is 0.146 e. The summed E-state index contributed by atoms with van der Waals surface area (Å²) in [7, 11) is 0. The molecule has 3 N–H and O–H groups in total. The zero-order chi connectivity index (χ0) is 14.0. The summed E-state index contributed by atoms with van der Waals surface area (Å²) in [6, 6.07) is 7.26. The van der Waals surface area contributed by atoms with Gasteiger partial charge in [0, 0.05) is 23.8 Å². The van der Waals surface area contributed by atoms with E-state index in [2.05, 4.69) is 0 Å². The molecule has 0 amide bonds. The Morgan fingerprint density at radius 2 is 1.74 bits per heavy atom. The highest BCUT2D eigenvalue weighted by Gasteiger charge is 2.08. The van der Waals surface area contributed by atoms with E-state index in [1.165, 1.54) is 18.2 Å². The van der Waals surface area contributed by atoms with Crippen molar-refractivity contribution in [2.24, 2.45) is 5.73 Å². The summed E-state index contributed by atoms with van der Waals surface area (Å²) in [6.45, 7) is 0. The number of halogens is 3. The molecule has 0 saturated carbocycles. The number of nitrogen functional groups attached to an aromatic ring is 1. The number of benzene rings is 2. The second-order valence-corrected chi connectivity index (χ2v) is 4.17. The van der Waals surface area contributed by atoms with Crippen molar-refractivity contribution in [2.45, 2.75) is 0 Å². The summed E-state index contributed by atoms with van der Waals surface area (Å²) < 4.78 is 31.3. The van der Waals surface area contributed by atoms with Gasteiger partial charge in [-0.1, -0.05) is 11.6 Å². The zero-order valence-corrected chi connectivity index (χ0v) is 10.3. The molecule has 3 nitrogen and oxygen atoms in total. The Labute approximate surface area is 113 Å². The van der Waals surface area contributed by atoms with E-state index in [9.17, 15) is 8.78 Å². The van der Waals surface area contributed by atoms with Crippen LogP contribution in [-0.2, 0) is 0 Å². The molecular weight excluding hydrogens is 274 g/mol. The molecule has 2 rings (SSSR count). The molecule has 0 atom stereocenters. The van der Waals surface area contributed by atoms with Gasteiger partial charge in [-0.15, -0.1) is 0 Å². The minimum absolute atomic E-state index is 0.00465. The Hall–Kier alpha value is -2.14. The van der Waals surface area contributed by atoms with Gasteiger partial charge in [-0.25, -0.2) is 8.78 Å². The molecule has 0 bridgehead atoms. The Balaban J connectivity index is 2.30. The fourth-order valence-electron chi connectivity index (χ4n) is 1.47. The van der Waals surface area contributed by atoms with E-state index in [-0.39, 0.29) is 22.4 Å². The number of ether oxygens (including phenoxy) is 1. The molecule has 0 aromatic heterocycles. The molecule has 0 saturated heterocycles. The molecule has 0 spiro atoms. The first kappa shape index (κ1) is 13.3. The first-order chi connectivity index (χ1) is 8.95. The van der Waals surface area contributed by atoms with Gasteiger partial charge in [0.1, 0.15) is 29.0 Å². The summed E-state index contributed by atoms with van der Waals surface area (Å²) in [5.41, 5.74) is 5.74. The van der Waals surface area contributed by atoms with Gasteiger partial charge < -0.3 is 10.5 Å². The van der Waals surface area contributed by atoms with Gasteiger partial charge in [-0.3, -0.25) is 5.41 Å². The minimum Gasteiger partial charge on any atom is -0.456 e. The maximum atomic E-state index is 13.0. The summed E-state index contributed by atoms with van der Waals surface area (Å²) in [5, 5.41) is 7.45. The van der Waals surface area contributed by atoms with E-state index in [0.29, 0.717) is 5.56 Å². The molecule has 0 heterocycles. The third-order valence-electron chi connectivity index (χ3n) is 2.31. The van der Waals surface area contributed by atoms with Crippen molar-refractivity contribution in [3.63, 3.8) is 0 Å². The lowest BCUT2D eigenvalue weighted by Crippen LogP contribution is -2.10. The van der Waals surface area contributed by atoms with Gasteiger partial charge in [0.05, 0.1) is 5.02 Å². The predicted octanol–water partition coefficient (Wildman–Crippen LogP) is 3.69. The molecule has 98 valence electrons. The Bertz CT molecular complexity index is 626. The second-order valence-electron chi connectivity index (χ2n) is 3.77. The number of nitrogens with two attached hydrogens (primary N) is 1. The molecule has 6 heteroatoms. The largest absolute Gasteiger partial charge is 0.456 e. The lowest BCUT2D eigenvalue weighted by molar-refractivity contribution is 0.468. The third kappa shape index (κ3) is 3.20. The molecular formula is C13H9ClF2N2O. The van der Waals surface area contributed by atoms with Crippen molar-refractivity contribution < 1.29 is 13.5 Å². The van der Waals surface area contributed by atoms with Crippen LogP contribution < -0.4 is 10.5 Å². The Morgan fingerprint density at radius 3 is 2.26 bits per heavy atom. The summed E-state index contributed by atoms with van der Waals surface area (Å²) in [6.07, 6.45) is 0. The van der Waals surface area contributed by atoms with E-state index in [1.807, 2.05) is 0 Å². The average molecular weight is 283 g/mol. The fourth-order valence-corrected chi connectivity index (χ4v) is 1.68. The van der Waals surface area contributed by atoms with Crippen LogP contribution in [-0.4, -0.2) is 5.84 Å². The van der Waals surface area contributed by atoms with Crippen molar-refractivity contribution in [2.75, 3.05) is 0 Å². The van der Waals surface area contributed by atoms with Crippen LogP contribution in [0.15, 0.2) is 36.4 Å². The SMILES string of the molecule is N=C(N)c1ccc(Oc2cc(F)cc(F)c2)c(Cl)c1. The average Bonchev–Trinajstić information content (AvgIpc) is 2.30. The van der Waals surface area contributed by atoms with Gasteiger partial charge in [-0.05, 0) is 18.2 Å². The summed E-state index contributed by atoms with van der Waals surface area (Å²) in [4.78, 5) is 0. The first-order valence-corrected chi connectivity index (χ1v) is 5.61. The topological polar surface area (TPSA) is 59.1 Å². The van der Waals surface area contributed by atoms with Crippen molar-refractivity contribution in [1.29, 1.82) is 5.41 Å². The summed E-state index contributed by atoms with van der Waals surface area (Å²) >= 11 is 5.94. The van der Waals surface area contributed by atoms with E-state index >= 15 is 0 Å². The van der Waals surface area contributed by atoms with E-state index < -0.39 is 11.6 Å². The van der Waals surface area contributed by atoms with Crippen LogP contribution in [0.2, 0.25) is 5.02 Å². The van der Waals surface area contributed by atoms with Crippen LogP contribution in [0.3, 0.4) is 0 Å². The van der Waals surface area contributed by atoms with Crippen LogP contribution >= 0.6 is 11.6 Å². The molecule has 2 aromatic carbocycles. The maximum absolute atomic E-state index is 13.0. The van der Waals surface area contributed by atoms with E-state index in [4.69, 9.17) is 27.5 Å². The fraction of sp³-hybridized carbons (Fsp3) is 0. The van der Waals surface area contributed by atoms with Gasteiger partial charge in [0.15, 0.2) is 0 Å². The van der Waals surface area contributed by atoms with Gasteiger partial charge in [-0.2, -0.15) is 0 Å². The molecule has 19 heavy (non-hydrogen) atoms. The predicted molar refractivity (Wildman–Crippen MR) is 68.9 cm³/mol. The normalized spacial score (nSPS) is 10.3. The van der Waals surface area contributed by atoms with Crippen molar-refractivity contribution in [1.82, 2.24) is 0 Å². The molecule has 0 aliphatic heterocycles. The highest BCUT2D eigenvalue weighted by molar-refractivity contribution is 6.32. The lowest BCUT2D eigenvalue weighted by Gasteiger charge is -2.09. The zero-order valence-electron chi connectivity index (χ0n) is 9.58. The van der Waals surface area contributed by atoms with Gasteiger partial charge in [0.25, 0.3) is 0 Å². The highest BCUT2D eigenvalue weighted by Crippen LogP contribution is 2.30. The second kappa shape index (κ2) is 5.24. The molecule has 0 radical (unpaired) electrons. The van der Waals surface area contributed by atoms with E-state index in [0.717, 1.165) is 18.2 Å². The van der Waals surface area contributed by atoms with Crippen molar-refractivity contribution >= 4 is 17.4 Å². The molecule has 0 aliphatic carbocycles. The van der Waals surface area contributed by atoms with E-state index in [1.54, 1.807) is 0 Å². The lowest BCUT2D eigenvalue weighted by atomic mass is 10.2. The molecule has 0 aliphatic rings. The first-order valence-electron chi connectivity index (χ1n) is 5.23. The monoisotopic (exact) mass is 282 g/mol. The Kier molecular flexibility index (Phi) is 3.66. The van der Waals surface area contributed by atoms with Crippen molar-refractivity contribution in [3.05, 3.63) is 58.6 Å². The van der Waals surface area contributed by atoms with Crippen LogP contribution in [0.1, 0.15) is 5.56 Å². The Morgan fingerprint density at radius 1 is 1.11 bits per heavy atom. The maximum Gasteiger partial charge on any atom is 0.146 e. The molecule has 0 unspecified atom stereocenters. The number of rotatable bonds is 3. The molecule has 2 aromatic rings. The van der Waals surface area contributed by atoms with Crippen LogP contribution in [0.25, 0.3) is 0 Å². The van der Waals surface area contributed by atoms with Crippen LogP contribution in [0.4, 0.5) is 8.78 Å².